The Morgan fingerprint density at radius 1 is 0.939 bits per heavy atom. The highest BCUT2D eigenvalue weighted by molar-refractivity contribution is 7.92. The average Bonchev–Trinajstić information content (AvgIpc) is 3.16. The van der Waals surface area contributed by atoms with Crippen molar-refractivity contribution in [3.8, 4) is 0 Å². The number of aromatic nitrogens is 4. The van der Waals surface area contributed by atoms with Gasteiger partial charge in [0.2, 0.25) is 5.95 Å². The first kappa shape index (κ1) is 22.7. The van der Waals surface area contributed by atoms with E-state index in [2.05, 4.69) is 38.8 Å². The molecule has 2 aromatic carbocycles. The molecule has 33 heavy (non-hydrogen) atoms. The van der Waals surface area contributed by atoms with Crippen molar-refractivity contribution >= 4 is 32.7 Å². The first-order valence-electron chi connectivity index (χ1n) is 10.9. The SMILES string of the molecule is Cc1cc(C)nc(NS(=O)(=O)c2ccc(NC(CC(C)C)c3nc4ccccc4[nH]3)cc2)n1. The van der Waals surface area contributed by atoms with Gasteiger partial charge in [0.1, 0.15) is 5.82 Å². The molecule has 9 heteroatoms. The molecule has 8 nitrogen and oxygen atoms in total. The normalized spacial score (nSPS) is 12.8. The number of imidazole rings is 1. The van der Waals surface area contributed by atoms with Crippen LogP contribution in [0.1, 0.15) is 43.5 Å². The lowest BCUT2D eigenvalue weighted by atomic mass is 10.0. The number of rotatable bonds is 8. The number of anilines is 2. The monoisotopic (exact) mass is 464 g/mol. The van der Waals surface area contributed by atoms with E-state index in [1.54, 1.807) is 44.2 Å². The number of benzene rings is 2. The lowest BCUT2D eigenvalue weighted by molar-refractivity contribution is 0.518. The quantitative estimate of drug-likeness (QED) is 0.339. The number of sulfonamides is 1. The number of nitrogens with zero attached hydrogens (tertiary/aromatic N) is 3. The molecule has 0 saturated heterocycles. The molecular formula is C24H28N6O2S. The van der Waals surface area contributed by atoms with Gasteiger partial charge in [0.25, 0.3) is 10.0 Å². The van der Waals surface area contributed by atoms with Crippen LogP contribution in [0.15, 0.2) is 59.5 Å². The molecule has 0 spiro atoms. The van der Waals surface area contributed by atoms with Crippen LogP contribution in [0, 0.1) is 19.8 Å². The van der Waals surface area contributed by atoms with Gasteiger partial charge >= 0.3 is 0 Å². The van der Waals surface area contributed by atoms with Crippen molar-refractivity contribution in [2.24, 2.45) is 5.92 Å². The highest BCUT2D eigenvalue weighted by atomic mass is 32.2. The number of para-hydroxylation sites is 2. The predicted molar refractivity (Wildman–Crippen MR) is 131 cm³/mol. The zero-order valence-corrected chi connectivity index (χ0v) is 19.9. The van der Waals surface area contributed by atoms with Gasteiger partial charge in [-0.2, -0.15) is 0 Å². The summed E-state index contributed by atoms with van der Waals surface area (Å²) in [6.45, 7) is 7.91. The average molecular weight is 465 g/mol. The molecule has 0 fully saturated rings. The smallest absolute Gasteiger partial charge is 0.264 e. The van der Waals surface area contributed by atoms with Crippen molar-refractivity contribution in [3.63, 3.8) is 0 Å². The number of nitrogens with one attached hydrogen (secondary N) is 3. The van der Waals surface area contributed by atoms with Crippen molar-refractivity contribution in [2.75, 3.05) is 10.0 Å². The molecule has 0 aliphatic heterocycles. The number of hydrogen-bond acceptors (Lipinski definition) is 6. The van der Waals surface area contributed by atoms with E-state index in [4.69, 9.17) is 4.98 Å². The van der Waals surface area contributed by atoms with Gasteiger partial charge in [-0.05, 0) is 68.7 Å². The van der Waals surface area contributed by atoms with E-state index >= 15 is 0 Å². The van der Waals surface area contributed by atoms with E-state index < -0.39 is 10.0 Å². The van der Waals surface area contributed by atoms with Gasteiger partial charge in [-0.3, -0.25) is 0 Å². The third-order valence-electron chi connectivity index (χ3n) is 5.16. The topological polar surface area (TPSA) is 113 Å². The van der Waals surface area contributed by atoms with Crippen LogP contribution >= 0.6 is 0 Å². The molecule has 4 aromatic rings. The highest BCUT2D eigenvalue weighted by Crippen LogP contribution is 2.27. The van der Waals surface area contributed by atoms with Crippen LogP contribution in [0.5, 0.6) is 0 Å². The molecule has 0 amide bonds. The Balaban J connectivity index is 1.54. The van der Waals surface area contributed by atoms with Crippen LogP contribution in [0.2, 0.25) is 0 Å². The minimum Gasteiger partial charge on any atom is -0.375 e. The van der Waals surface area contributed by atoms with Crippen LogP contribution in [0.3, 0.4) is 0 Å². The van der Waals surface area contributed by atoms with Gasteiger partial charge < -0.3 is 10.3 Å². The molecule has 3 N–H and O–H groups in total. The molecule has 0 aliphatic carbocycles. The Morgan fingerprint density at radius 3 is 2.24 bits per heavy atom. The van der Waals surface area contributed by atoms with Gasteiger partial charge in [0, 0.05) is 17.1 Å². The molecule has 0 saturated carbocycles. The first-order valence-corrected chi connectivity index (χ1v) is 12.3. The summed E-state index contributed by atoms with van der Waals surface area (Å²) >= 11 is 0. The fourth-order valence-electron chi connectivity index (χ4n) is 3.73. The van der Waals surface area contributed by atoms with E-state index in [1.807, 2.05) is 24.3 Å². The minimum absolute atomic E-state index is 0.0401. The summed E-state index contributed by atoms with van der Waals surface area (Å²) in [5.74, 6) is 1.36. The summed E-state index contributed by atoms with van der Waals surface area (Å²) in [6, 6.07) is 16.3. The number of aryl methyl sites for hydroxylation is 2. The molecule has 2 aromatic heterocycles. The fraction of sp³-hybridized carbons (Fsp3) is 0.292. The maximum absolute atomic E-state index is 12.8. The van der Waals surface area contributed by atoms with Crippen molar-refractivity contribution in [3.05, 3.63) is 71.8 Å². The van der Waals surface area contributed by atoms with Crippen LogP contribution in [0.25, 0.3) is 11.0 Å². The molecule has 4 rings (SSSR count). The van der Waals surface area contributed by atoms with Crippen molar-refractivity contribution in [1.29, 1.82) is 0 Å². The Labute approximate surface area is 194 Å². The number of hydrogen-bond donors (Lipinski definition) is 3. The highest BCUT2D eigenvalue weighted by Gasteiger charge is 2.19. The maximum Gasteiger partial charge on any atom is 0.264 e. The van der Waals surface area contributed by atoms with E-state index in [9.17, 15) is 8.42 Å². The molecule has 0 bridgehead atoms. The van der Waals surface area contributed by atoms with Gasteiger partial charge in [0.15, 0.2) is 0 Å². The molecule has 0 radical (unpaired) electrons. The van der Waals surface area contributed by atoms with E-state index in [1.165, 1.54) is 0 Å². The van der Waals surface area contributed by atoms with Gasteiger partial charge in [0.05, 0.1) is 22.0 Å². The van der Waals surface area contributed by atoms with Crippen LogP contribution in [0.4, 0.5) is 11.6 Å². The minimum atomic E-state index is -3.80. The third kappa shape index (κ3) is 5.48. The molecule has 1 atom stereocenters. The summed E-state index contributed by atoms with van der Waals surface area (Å²) in [4.78, 5) is 16.6. The summed E-state index contributed by atoms with van der Waals surface area (Å²) in [6.07, 6.45) is 0.867. The zero-order chi connectivity index (χ0) is 23.6. The van der Waals surface area contributed by atoms with E-state index in [0.29, 0.717) is 17.3 Å². The van der Waals surface area contributed by atoms with Gasteiger partial charge in [-0.1, -0.05) is 26.0 Å². The van der Waals surface area contributed by atoms with E-state index in [-0.39, 0.29) is 16.9 Å². The summed E-state index contributed by atoms with van der Waals surface area (Å²) in [5, 5.41) is 3.50. The maximum atomic E-state index is 12.8. The molecule has 1 unspecified atom stereocenters. The van der Waals surface area contributed by atoms with Crippen molar-refractivity contribution in [2.45, 2.75) is 45.1 Å². The Hall–Kier alpha value is -3.46. The standard InChI is InChI=1S/C24H28N6O2S/c1-15(2)13-22(23-28-20-7-5-6-8-21(20)29-23)27-18-9-11-19(12-10-18)33(31,32)30-24-25-16(3)14-17(4)26-24/h5-12,14-15,22,27H,13H2,1-4H3,(H,28,29)(H,25,26,30). The number of fused-ring (bicyclic) bond motifs is 1. The second-order valence-corrected chi connectivity index (χ2v) is 10.3. The predicted octanol–water partition coefficient (Wildman–Crippen LogP) is 4.97. The fourth-order valence-corrected chi connectivity index (χ4v) is 4.67. The summed E-state index contributed by atoms with van der Waals surface area (Å²) in [5.41, 5.74) is 4.11. The van der Waals surface area contributed by atoms with Gasteiger partial charge in [-0.15, -0.1) is 0 Å². The summed E-state index contributed by atoms with van der Waals surface area (Å²) in [7, 11) is -3.80. The van der Waals surface area contributed by atoms with Crippen LogP contribution < -0.4 is 10.0 Å². The Bertz CT molecular complexity index is 1310. The molecule has 0 aliphatic rings. The van der Waals surface area contributed by atoms with Crippen LogP contribution in [-0.4, -0.2) is 28.4 Å². The van der Waals surface area contributed by atoms with Crippen LogP contribution in [-0.2, 0) is 10.0 Å². The second-order valence-electron chi connectivity index (χ2n) is 8.57. The number of H-pyrrole nitrogens is 1. The second kappa shape index (κ2) is 9.19. The molecule has 2 heterocycles. The summed E-state index contributed by atoms with van der Waals surface area (Å²) < 4.78 is 28.1. The first-order chi connectivity index (χ1) is 15.7. The Morgan fingerprint density at radius 2 is 1.61 bits per heavy atom. The molecular weight excluding hydrogens is 436 g/mol. The lowest BCUT2D eigenvalue weighted by Crippen LogP contribution is -2.17. The van der Waals surface area contributed by atoms with Crippen molar-refractivity contribution in [1.82, 2.24) is 19.9 Å². The zero-order valence-electron chi connectivity index (χ0n) is 19.1. The van der Waals surface area contributed by atoms with E-state index in [0.717, 1.165) is 29.0 Å². The van der Waals surface area contributed by atoms with Crippen molar-refractivity contribution < 1.29 is 8.42 Å². The largest absolute Gasteiger partial charge is 0.375 e. The van der Waals surface area contributed by atoms with Gasteiger partial charge in [-0.25, -0.2) is 28.1 Å². The lowest BCUT2D eigenvalue weighted by Gasteiger charge is -2.20. The third-order valence-corrected chi connectivity index (χ3v) is 6.50. The molecule has 172 valence electrons. The number of aromatic amines is 1. The Kier molecular flexibility index (Phi) is 6.33.